The fraction of sp³-hybridized carbons (Fsp3) is 0.176. The molecule has 1 unspecified atom stereocenters. The number of nitrogens with zero attached hydrogens (tertiary/aromatic N) is 1. The number of halogens is 4. The molecule has 3 rings (SSSR count). The zero-order chi connectivity index (χ0) is 19.1. The number of carbonyl (C=O) groups excluding carboxylic acids is 2. The normalized spacial score (nSPS) is 17.0. The number of amides is 2. The van der Waals surface area contributed by atoms with E-state index in [4.69, 9.17) is 0 Å². The number of fused-ring (bicyclic) bond motifs is 1. The molecule has 1 aliphatic rings. The highest BCUT2D eigenvalue weighted by molar-refractivity contribution is 8.01. The molecule has 1 heterocycles. The van der Waals surface area contributed by atoms with Crippen LogP contribution in [0.25, 0.3) is 0 Å². The van der Waals surface area contributed by atoms with Crippen molar-refractivity contribution in [2.75, 3.05) is 17.3 Å². The van der Waals surface area contributed by atoms with Gasteiger partial charge < -0.3 is 10.2 Å². The smallest absolute Gasteiger partial charge is 0.325 e. The van der Waals surface area contributed by atoms with E-state index in [-0.39, 0.29) is 5.69 Å². The summed E-state index contributed by atoms with van der Waals surface area (Å²) < 4.78 is 51.1. The summed E-state index contributed by atoms with van der Waals surface area (Å²) in [5.41, 5.74) is -0.230. The first-order chi connectivity index (χ1) is 12.2. The third kappa shape index (κ3) is 3.52. The van der Waals surface area contributed by atoms with Gasteiger partial charge in [0, 0.05) is 17.6 Å². The van der Waals surface area contributed by atoms with Gasteiger partial charge >= 0.3 is 6.18 Å². The molecule has 0 aliphatic carbocycles. The van der Waals surface area contributed by atoms with E-state index in [0.29, 0.717) is 10.6 Å². The second-order valence-corrected chi connectivity index (χ2v) is 6.72. The van der Waals surface area contributed by atoms with Crippen LogP contribution in [0.15, 0.2) is 47.4 Å². The number of nitrogens with one attached hydrogen (secondary N) is 1. The molecule has 4 nitrogen and oxygen atoms in total. The second-order valence-electron chi connectivity index (χ2n) is 5.57. The zero-order valence-electron chi connectivity index (χ0n) is 13.3. The topological polar surface area (TPSA) is 49.4 Å². The van der Waals surface area contributed by atoms with Crippen LogP contribution >= 0.6 is 11.8 Å². The fourth-order valence-corrected chi connectivity index (χ4v) is 3.63. The highest BCUT2D eigenvalue weighted by Gasteiger charge is 2.37. The average Bonchev–Trinajstić information content (AvgIpc) is 2.57. The van der Waals surface area contributed by atoms with Gasteiger partial charge in [-0.3, -0.25) is 9.59 Å². The molecule has 0 aromatic heterocycles. The molecule has 1 atom stereocenters. The summed E-state index contributed by atoms with van der Waals surface area (Å²) in [7, 11) is 1.47. The van der Waals surface area contributed by atoms with Crippen molar-refractivity contribution in [2.45, 2.75) is 16.3 Å². The first-order valence-corrected chi connectivity index (χ1v) is 8.26. The minimum Gasteiger partial charge on any atom is -0.325 e. The predicted molar refractivity (Wildman–Crippen MR) is 89.5 cm³/mol. The lowest BCUT2D eigenvalue weighted by Crippen LogP contribution is -2.44. The Bertz CT molecular complexity index is 868. The Balaban J connectivity index is 1.79. The van der Waals surface area contributed by atoms with Gasteiger partial charge in [0.2, 0.25) is 11.8 Å². The predicted octanol–water partition coefficient (Wildman–Crippen LogP) is 3.92. The lowest BCUT2D eigenvalue weighted by Gasteiger charge is -2.30. The molecule has 2 aromatic carbocycles. The second kappa shape index (κ2) is 6.64. The number of hydrogen-bond donors (Lipinski definition) is 1. The number of benzene rings is 2. The molecule has 0 radical (unpaired) electrons. The maximum Gasteiger partial charge on any atom is 0.416 e. The number of rotatable bonds is 2. The zero-order valence-corrected chi connectivity index (χ0v) is 14.1. The largest absolute Gasteiger partial charge is 0.416 e. The van der Waals surface area contributed by atoms with E-state index in [1.165, 1.54) is 30.1 Å². The maximum absolute atomic E-state index is 13.4. The Morgan fingerprint density at radius 1 is 1.15 bits per heavy atom. The number of anilines is 2. The lowest BCUT2D eigenvalue weighted by atomic mass is 10.2. The van der Waals surface area contributed by atoms with Gasteiger partial charge in [0.15, 0.2) is 5.25 Å². The van der Waals surface area contributed by atoms with Crippen molar-refractivity contribution in [2.24, 2.45) is 0 Å². The summed E-state index contributed by atoms with van der Waals surface area (Å²) in [5.74, 6) is -1.69. The van der Waals surface area contributed by atoms with Crippen LogP contribution in [0, 0.1) is 5.82 Å². The Morgan fingerprint density at radius 3 is 2.42 bits per heavy atom. The molecule has 26 heavy (non-hydrogen) atoms. The van der Waals surface area contributed by atoms with Crippen LogP contribution in [0.5, 0.6) is 0 Å². The minimum atomic E-state index is -4.48. The van der Waals surface area contributed by atoms with E-state index in [1.54, 1.807) is 0 Å². The van der Waals surface area contributed by atoms with Crippen molar-refractivity contribution in [1.29, 1.82) is 0 Å². The van der Waals surface area contributed by atoms with E-state index in [9.17, 15) is 27.2 Å². The van der Waals surface area contributed by atoms with E-state index in [2.05, 4.69) is 5.32 Å². The molecule has 1 N–H and O–H groups in total. The van der Waals surface area contributed by atoms with Gasteiger partial charge in [0.25, 0.3) is 0 Å². The van der Waals surface area contributed by atoms with Gasteiger partial charge in [0.05, 0.1) is 11.3 Å². The first-order valence-electron chi connectivity index (χ1n) is 7.39. The van der Waals surface area contributed by atoms with Crippen LogP contribution in [-0.2, 0) is 15.8 Å². The number of thioether (sulfide) groups is 1. The van der Waals surface area contributed by atoms with Crippen molar-refractivity contribution in [3.05, 3.63) is 53.8 Å². The van der Waals surface area contributed by atoms with Crippen LogP contribution < -0.4 is 10.2 Å². The summed E-state index contributed by atoms with van der Waals surface area (Å²) in [6.07, 6.45) is -4.48. The lowest BCUT2D eigenvalue weighted by molar-refractivity contribution is -0.137. The average molecular weight is 384 g/mol. The molecule has 0 spiro atoms. The Hall–Kier alpha value is -2.55. The van der Waals surface area contributed by atoms with Gasteiger partial charge in [-0.25, -0.2) is 4.39 Å². The molecule has 2 aromatic rings. The number of alkyl halides is 3. The van der Waals surface area contributed by atoms with Gasteiger partial charge in [-0.2, -0.15) is 13.2 Å². The summed E-state index contributed by atoms with van der Waals surface area (Å²) in [6.45, 7) is 0. The Kier molecular flexibility index (Phi) is 4.66. The summed E-state index contributed by atoms with van der Waals surface area (Å²) in [4.78, 5) is 26.5. The van der Waals surface area contributed by atoms with E-state index < -0.39 is 34.6 Å². The van der Waals surface area contributed by atoms with E-state index in [1.807, 2.05) is 0 Å². The van der Waals surface area contributed by atoms with Crippen LogP contribution in [0.3, 0.4) is 0 Å². The quantitative estimate of drug-likeness (QED) is 0.631. The molecule has 0 bridgehead atoms. The van der Waals surface area contributed by atoms with Crippen LogP contribution in [0.2, 0.25) is 0 Å². The highest BCUT2D eigenvalue weighted by atomic mass is 32.2. The SMILES string of the molecule is CN1C(=O)C(C(=O)Nc2ccc(C(F)(F)F)cc2)Sc2cc(F)ccc21. The molecule has 2 amide bonds. The summed E-state index contributed by atoms with van der Waals surface area (Å²) in [6, 6.07) is 7.77. The molecule has 0 fully saturated rings. The van der Waals surface area contributed by atoms with Crippen molar-refractivity contribution < 1.29 is 27.2 Å². The van der Waals surface area contributed by atoms with E-state index in [0.717, 1.165) is 36.0 Å². The Morgan fingerprint density at radius 2 is 1.81 bits per heavy atom. The van der Waals surface area contributed by atoms with Gasteiger partial charge in [-0.1, -0.05) is 0 Å². The number of hydrogen-bond acceptors (Lipinski definition) is 3. The van der Waals surface area contributed by atoms with Crippen LogP contribution in [-0.4, -0.2) is 24.1 Å². The van der Waals surface area contributed by atoms with Crippen molar-refractivity contribution in [1.82, 2.24) is 0 Å². The van der Waals surface area contributed by atoms with Crippen LogP contribution in [0.1, 0.15) is 5.56 Å². The van der Waals surface area contributed by atoms with Crippen molar-refractivity contribution >= 4 is 35.0 Å². The highest BCUT2D eigenvalue weighted by Crippen LogP contribution is 2.39. The molecule has 1 aliphatic heterocycles. The molecule has 9 heteroatoms. The van der Waals surface area contributed by atoms with Gasteiger partial charge in [0.1, 0.15) is 5.82 Å². The van der Waals surface area contributed by atoms with Crippen molar-refractivity contribution in [3.8, 4) is 0 Å². The minimum absolute atomic E-state index is 0.129. The maximum atomic E-state index is 13.4. The molecule has 0 saturated heterocycles. The summed E-state index contributed by atoms with van der Waals surface area (Å²) >= 11 is 0.895. The molecular weight excluding hydrogens is 372 g/mol. The summed E-state index contributed by atoms with van der Waals surface area (Å²) in [5, 5.41) is 1.25. The third-order valence-electron chi connectivity index (χ3n) is 3.80. The van der Waals surface area contributed by atoms with Crippen molar-refractivity contribution in [3.63, 3.8) is 0 Å². The monoisotopic (exact) mass is 384 g/mol. The molecule has 136 valence electrons. The van der Waals surface area contributed by atoms with E-state index >= 15 is 0 Å². The number of carbonyl (C=O) groups is 2. The van der Waals surface area contributed by atoms with Gasteiger partial charge in [-0.15, -0.1) is 11.8 Å². The third-order valence-corrected chi connectivity index (χ3v) is 5.03. The standard InChI is InChI=1S/C17H12F4N2O2S/c1-23-12-7-4-10(18)8-13(12)26-14(16(23)25)15(24)22-11-5-2-9(3-6-11)17(19,20)21/h2-8,14H,1H3,(H,22,24). The molecule has 0 saturated carbocycles. The van der Waals surface area contributed by atoms with Gasteiger partial charge in [-0.05, 0) is 42.5 Å². The fourth-order valence-electron chi connectivity index (χ4n) is 2.45. The first kappa shape index (κ1) is 18.2. The molecular formula is C17H12F4N2O2S. The Labute approximate surface area is 150 Å². The van der Waals surface area contributed by atoms with Crippen LogP contribution in [0.4, 0.5) is 28.9 Å².